The number of likely N-dealkylation sites (tertiary alicyclic amines) is 1. The van der Waals surface area contributed by atoms with Gasteiger partial charge in [-0.1, -0.05) is 6.42 Å². The molecule has 1 saturated heterocycles. The van der Waals surface area contributed by atoms with Gasteiger partial charge in [-0.25, -0.2) is 4.79 Å². The van der Waals surface area contributed by atoms with Crippen molar-refractivity contribution in [1.29, 1.82) is 0 Å². The Morgan fingerprint density at radius 1 is 1.40 bits per heavy atom. The fourth-order valence-corrected chi connectivity index (χ4v) is 3.79. The lowest BCUT2D eigenvalue weighted by molar-refractivity contribution is -0.142. The van der Waals surface area contributed by atoms with Crippen molar-refractivity contribution in [2.24, 2.45) is 18.9 Å². The zero-order valence-corrected chi connectivity index (χ0v) is 11.7. The quantitative estimate of drug-likeness (QED) is 0.877. The lowest BCUT2D eigenvalue weighted by Crippen LogP contribution is -2.43. The highest BCUT2D eigenvalue weighted by Gasteiger charge is 2.49. The van der Waals surface area contributed by atoms with Gasteiger partial charge in [0.25, 0.3) is 5.91 Å². The van der Waals surface area contributed by atoms with Crippen molar-refractivity contribution in [1.82, 2.24) is 14.7 Å². The minimum absolute atomic E-state index is 0.116. The van der Waals surface area contributed by atoms with Crippen LogP contribution in [0.3, 0.4) is 0 Å². The maximum absolute atomic E-state index is 12.6. The van der Waals surface area contributed by atoms with E-state index >= 15 is 0 Å². The van der Waals surface area contributed by atoms with Crippen LogP contribution >= 0.6 is 0 Å². The Morgan fingerprint density at radius 2 is 2.15 bits per heavy atom. The van der Waals surface area contributed by atoms with Gasteiger partial charge in [-0.05, 0) is 37.7 Å². The zero-order valence-electron chi connectivity index (χ0n) is 11.7. The number of aryl methyl sites for hydroxylation is 2. The van der Waals surface area contributed by atoms with Crippen molar-refractivity contribution < 1.29 is 14.7 Å². The SMILES string of the molecule is Cc1cc(C(=O)N2CC3CCCC3C2C(=O)O)n(C)n1. The summed E-state index contributed by atoms with van der Waals surface area (Å²) >= 11 is 0. The molecule has 0 bridgehead atoms. The molecule has 0 aromatic carbocycles. The number of aromatic nitrogens is 2. The van der Waals surface area contributed by atoms with Crippen LogP contribution in [0, 0.1) is 18.8 Å². The highest BCUT2D eigenvalue weighted by molar-refractivity contribution is 5.96. The van der Waals surface area contributed by atoms with Crippen LogP contribution in [0.2, 0.25) is 0 Å². The largest absolute Gasteiger partial charge is 0.480 e. The topological polar surface area (TPSA) is 75.4 Å². The van der Waals surface area contributed by atoms with Gasteiger partial charge < -0.3 is 10.0 Å². The molecule has 108 valence electrons. The molecule has 1 aliphatic carbocycles. The molecule has 2 heterocycles. The first kappa shape index (κ1) is 13.1. The van der Waals surface area contributed by atoms with Crippen LogP contribution in [0.1, 0.15) is 35.4 Å². The first-order valence-electron chi connectivity index (χ1n) is 7.03. The molecule has 6 heteroatoms. The van der Waals surface area contributed by atoms with Crippen LogP contribution in [-0.4, -0.2) is 44.3 Å². The molecule has 1 saturated carbocycles. The predicted molar refractivity (Wildman–Crippen MR) is 71.2 cm³/mol. The van der Waals surface area contributed by atoms with Crippen LogP contribution in [-0.2, 0) is 11.8 Å². The molecule has 1 aromatic rings. The van der Waals surface area contributed by atoms with Gasteiger partial charge in [0.15, 0.2) is 0 Å². The molecular formula is C14H19N3O3. The molecule has 3 rings (SSSR count). The Hall–Kier alpha value is -1.85. The monoisotopic (exact) mass is 277 g/mol. The average Bonchev–Trinajstić information content (AvgIpc) is 3.00. The van der Waals surface area contributed by atoms with Gasteiger partial charge in [0, 0.05) is 13.6 Å². The van der Waals surface area contributed by atoms with E-state index in [1.165, 1.54) is 9.58 Å². The van der Waals surface area contributed by atoms with Gasteiger partial charge in [0.05, 0.1) is 5.69 Å². The van der Waals surface area contributed by atoms with E-state index in [2.05, 4.69) is 5.10 Å². The van der Waals surface area contributed by atoms with E-state index < -0.39 is 12.0 Å². The summed E-state index contributed by atoms with van der Waals surface area (Å²) < 4.78 is 1.53. The molecule has 1 N–H and O–H groups in total. The lowest BCUT2D eigenvalue weighted by atomic mass is 9.94. The Morgan fingerprint density at radius 3 is 2.75 bits per heavy atom. The number of carboxylic acids is 1. The first-order valence-corrected chi connectivity index (χ1v) is 7.03. The number of hydrogen-bond acceptors (Lipinski definition) is 3. The fraction of sp³-hybridized carbons (Fsp3) is 0.643. The van der Waals surface area contributed by atoms with Crippen molar-refractivity contribution in [3.63, 3.8) is 0 Å². The second-order valence-electron chi connectivity index (χ2n) is 5.89. The summed E-state index contributed by atoms with van der Waals surface area (Å²) in [5.74, 6) is -0.637. The first-order chi connectivity index (χ1) is 9.49. The second-order valence-corrected chi connectivity index (χ2v) is 5.89. The molecule has 1 aliphatic heterocycles. The smallest absolute Gasteiger partial charge is 0.326 e. The van der Waals surface area contributed by atoms with Crippen molar-refractivity contribution >= 4 is 11.9 Å². The van der Waals surface area contributed by atoms with Crippen LogP contribution in [0.4, 0.5) is 0 Å². The number of carboxylic acid groups (broad SMARTS) is 1. The van der Waals surface area contributed by atoms with Crippen molar-refractivity contribution in [3.05, 3.63) is 17.5 Å². The van der Waals surface area contributed by atoms with Crippen LogP contribution < -0.4 is 0 Å². The molecule has 6 nitrogen and oxygen atoms in total. The molecule has 20 heavy (non-hydrogen) atoms. The van der Waals surface area contributed by atoms with E-state index in [-0.39, 0.29) is 11.8 Å². The number of aliphatic carboxylic acids is 1. The van der Waals surface area contributed by atoms with Crippen LogP contribution in [0.25, 0.3) is 0 Å². The molecular weight excluding hydrogens is 258 g/mol. The molecule has 3 atom stereocenters. The molecule has 3 unspecified atom stereocenters. The number of carbonyl (C=O) groups is 2. The number of carbonyl (C=O) groups excluding carboxylic acids is 1. The second kappa shape index (κ2) is 4.61. The third kappa shape index (κ3) is 1.90. The van der Waals surface area contributed by atoms with E-state index in [0.717, 1.165) is 25.0 Å². The molecule has 2 fully saturated rings. The normalized spacial score (nSPS) is 28.7. The number of fused-ring (bicyclic) bond motifs is 1. The van der Waals surface area contributed by atoms with E-state index in [1.807, 2.05) is 6.92 Å². The predicted octanol–water partition coefficient (Wildman–Crippen LogP) is 1.05. The summed E-state index contributed by atoms with van der Waals surface area (Å²) in [4.78, 5) is 25.7. The van der Waals surface area contributed by atoms with E-state index in [1.54, 1.807) is 13.1 Å². The number of nitrogens with zero attached hydrogens (tertiary/aromatic N) is 3. The summed E-state index contributed by atoms with van der Waals surface area (Å²) in [6, 6.07) is 1.04. The van der Waals surface area contributed by atoms with Gasteiger partial charge in [0.2, 0.25) is 0 Å². The summed E-state index contributed by atoms with van der Waals surface area (Å²) in [7, 11) is 1.72. The third-order valence-electron chi connectivity index (χ3n) is 4.63. The molecule has 2 aliphatic rings. The average molecular weight is 277 g/mol. The Bertz CT molecular complexity index is 566. The van der Waals surface area contributed by atoms with Gasteiger partial charge >= 0.3 is 5.97 Å². The van der Waals surface area contributed by atoms with Crippen molar-refractivity contribution in [2.45, 2.75) is 32.2 Å². The summed E-state index contributed by atoms with van der Waals surface area (Å²) in [6.07, 6.45) is 3.02. The van der Waals surface area contributed by atoms with E-state index in [0.29, 0.717) is 18.2 Å². The van der Waals surface area contributed by atoms with E-state index in [4.69, 9.17) is 0 Å². The Balaban J connectivity index is 1.91. The van der Waals surface area contributed by atoms with E-state index in [9.17, 15) is 14.7 Å². The summed E-state index contributed by atoms with van der Waals surface area (Å²) in [6.45, 7) is 2.38. The number of rotatable bonds is 2. The highest BCUT2D eigenvalue weighted by atomic mass is 16.4. The third-order valence-corrected chi connectivity index (χ3v) is 4.63. The summed E-state index contributed by atoms with van der Waals surface area (Å²) in [5, 5.41) is 13.7. The number of amides is 1. The minimum Gasteiger partial charge on any atom is -0.480 e. The Kier molecular flexibility index (Phi) is 3.03. The van der Waals surface area contributed by atoms with Gasteiger partial charge in [0.1, 0.15) is 11.7 Å². The number of hydrogen-bond donors (Lipinski definition) is 1. The maximum atomic E-state index is 12.6. The zero-order chi connectivity index (χ0) is 14.4. The Labute approximate surface area is 117 Å². The van der Waals surface area contributed by atoms with Crippen LogP contribution in [0.15, 0.2) is 6.07 Å². The lowest BCUT2D eigenvalue weighted by Gasteiger charge is -2.24. The fourth-order valence-electron chi connectivity index (χ4n) is 3.79. The molecule has 1 aromatic heterocycles. The summed E-state index contributed by atoms with van der Waals surface area (Å²) in [5.41, 5.74) is 1.23. The molecule has 0 spiro atoms. The maximum Gasteiger partial charge on any atom is 0.326 e. The van der Waals surface area contributed by atoms with Crippen LogP contribution in [0.5, 0.6) is 0 Å². The van der Waals surface area contributed by atoms with Crippen molar-refractivity contribution in [3.8, 4) is 0 Å². The molecule has 0 radical (unpaired) electrons. The minimum atomic E-state index is -0.883. The van der Waals surface area contributed by atoms with Gasteiger partial charge in [-0.2, -0.15) is 5.10 Å². The van der Waals surface area contributed by atoms with Gasteiger partial charge in [-0.3, -0.25) is 9.48 Å². The van der Waals surface area contributed by atoms with Gasteiger partial charge in [-0.15, -0.1) is 0 Å². The highest BCUT2D eigenvalue weighted by Crippen LogP contribution is 2.42. The molecule has 1 amide bonds. The van der Waals surface area contributed by atoms with Crippen molar-refractivity contribution in [2.75, 3.05) is 6.54 Å². The standard InChI is InChI=1S/C14H19N3O3/c1-8-6-11(16(2)15-8)13(18)17-7-9-4-3-5-10(9)12(17)14(19)20/h6,9-10,12H,3-5,7H2,1-2H3,(H,19,20).